The second kappa shape index (κ2) is 7.82. The third kappa shape index (κ3) is 3.64. The molecule has 29 heavy (non-hydrogen) atoms. The number of carbonyl (C=O) groups is 1. The molecule has 0 saturated carbocycles. The summed E-state index contributed by atoms with van der Waals surface area (Å²) >= 11 is 0. The van der Waals surface area contributed by atoms with Crippen LogP contribution < -0.4 is 16.0 Å². The van der Waals surface area contributed by atoms with Crippen molar-refractivity contribution in [3.8, 4) is 6.07 Å². The molecule has 0 radical (unpaired) electrons. The summed E-state index contributed by atoms with van der Waals surface area (Å²) in [6, 6.07) is 13.5. The SMILES string of the molecule is CNc1cc(Nc2cccc3cccnc23)nc2c(NC(=O)CCC#N)cnn12. The molecule has 144 valence electrons. The van der Waals surface area contributed by atoms with Crippen LogP contribution in [0.4, 0.5) is 23.0 Å². The number of aromatic nitrogens is 4. The van der Waals surface area contributed by atoms with Gasteiger partial charge in [-0.05, 0) is 12.1 Å². The van der Waals surface area contributed by atoms with Crippen molar-refractivity contribution in [2.75, 3.05) is 23.0 Å². The number of nitriles is 1. The minimum atomic E-state index is -0.258. The Balaban J connectivity index is 1.72. The topological polar surface area (TPSA) is 120 Å². The van der Waals surface area contributed by atoms with Crippen LogP contribution in [-0.2, 0) is 4.79 Å². The fourth-order valence-electron chi connectivity index (χ4n) is 3.02. The molecular weight excluding hydrogens is 368 g/mol. The lowest BCUT2D eigenvalue weighted by molar-refractivity contribution is -0.116. The van der Waals surface area contributed by atoms with E-state index in [1.165, 1.54) is 6.20 Å². The van der Waals surface area contributed by atoms with Gasteiger partial charge in [-0.15, -0.1) is 0 Å². The van der Waals surface area contributed by atoms with Gasteiger partial charge < -0.3 is 16.0 Å². The third-order valence-corrected chi connectivity index (χ3v) is 4.36. The average molecular weight is 386 g/mol. The zero-order valence-electron chi connectivity index (χ0n) is 15.7. The molecule has 3 aromatic heterocycles. The van der Waals surface area contributed by atoms with Crippen molar-refractivity contribution >= 4 is 45.5 Å². The first-order valence-corrected chi connectivity index (χ1v) is 9.03. The van der Waals surface area contributed by atoms with Crippen LogP contribution in [0.3, 0.4) is 0 Å². The van der Waals surface area contributed by atoms with Gasteiger partial charge >= 0.3 is 0 Å². The number of pyridine rings is 1. The Kier molecular flexibility index (Phi) is 4.90. The monoisotopic (exact) mass is 386 g/mol. The number of anilines is 4. The summed E-state index contributed by atoms with van der Waals surface area (Å²) in [4.78, 5) is 21.1. The standard InChI is InChI=1S/C20H18N8O/c1-22-17-11-16(25-14-7-2-5-13-6-4-10-23-19(13)14)27-20-15(12-24-28(17)20)26-18(29)8-3-9-21/h2,4-7,10-12,22H,3,8H2,1H3,(H,25,27)(H,26,29). The maximum Gasteiger partial charge on any atom is 0.225 e. The normalized spacial score (nSPS) is 10.6. The Morgan fingerprint density at radius 3 is 2.93 bits per heavy atom. The van der Waals surface area contributed by atoms with Gasteiger partial charge in [0.05, 0.1) is 23.5 Å². The molecule has 0 aliphatic rings. The maximum absolute atomic E-state index is 12.0. The summed E-state index contributed by atoms with van der Waals surface area (Å²) in [5, 5.41) is 23.1. The fraction of sp³-hybridized carbons (Fsp3) is 0.150. The van der Waals surface area contributed by atoms with E-state index in [1.807, 2.05) is 42.5 Å². The zero-order chi connectivity index (χ0) is 20.2. The van der Waals surface area contributed by atoms with Crippen molar-refractivity contribution in [2.45, 2.75) is 12.8 Å². The molecule has 9 heteroatoms. The highest BCUT2D eigenvalue weighted by molar-refractivity contribution is 5.95. The molecule has 0 aliphatic carbocycles. The van der Waals surface area contributed by atoms with Crippen molar-refractivity contribution in [1.82, 2.24) is 19.6 Å². The van der Waals surface area contributed by atoms with Gasteiger partial charge in [0, 0.05) is 37.5 Å². The number of nitrogens with zero attached hydrogens (tertiary/aromatic N) is 5. The summed E-state index contributed by atoms with van der Waals surface area (Å²) in [7, 11) is 1.78. The van der Waals surface area contributed by atoms with E-state index in [0.29, 0.717) is 23.0 Å². The molecule has 0 unspecified atom stereocenters. The van der Waals surface area contributed by atoms with Crippen molar-refractivity contribution in [3.05, 3.63) is 48.8 Å². The Morgan fingerprint density at radius 1 is 1.24 bits per heavy atom. The highest BCUT2D eigenvalue weighted by Crippen LogP contribution is 2.27. The number of hydrogen-bond acceptors (Lipinski definition) is 7. The van der Waals surface area contributed by atoms with Crippen molar-refractivity contribution in [2.24, 2.45) is 0 Å². The molecule has 4 aromatic rings. The van der Waals surface area contributed by atoms with Gasteiger partial charge in [0.25, 0.3) is 0 Å². The lowest BCUT2D eigenvalue weighted by atomic mass is 10.2. The Morgan fingerprint density at radius 2 is 2.10 bits per heavy atom. The van der Waals surface area contributed by atoms with Gasteiger partial charge in [-0.3, -0.25) is 9.78 Å². The Hall–Kier alpha value is -4.19. The summed E-state index contributed by atoms with van der Waals surface area (Å²) in [5.41, 5.74) is 2.62. The summed E-state index contributed by atoms with van der Waals surface area (Å²) in [6.07, 6.45) is 3.55. The molecule has 4 rings (SSSR count). The minimum Gasteiger partial charge on any atom is -0.373 e. The van der Waals surface area contributed by atoms with Crippen molar-refractivity contribution in [1.29, 1.82) is 5.26 Å². The van der Waals surface area contributed by atoms with E-state index in [-0.39, 0.29) is 18.7 Å². The molecule has 3 heterocycles. The molecule has 0 saturated heterocycles. The molecule has 0 aliphatic heterocycles. The third-order valence-electron chi connectivity index (χ3n) is 4.36. The second-order valence-corrected chi connectivity index (χ2v) is 6.28. The Labute approximate surface area is 166 Å². The van der Waals surface area contributed by atoms with Crippen LogP contribution in [0.1, 0.15) is 12.8 Å². The van der Waals surface area contributed by atoms with E-state index in [4.69, 9.17) is 5.26 Å². The van der Waals surface area contributed by atoms with Gasteiger partial charge in [-0.2, -0.15) is 14.9 Å². The summed E-state index contributed by atoms with van der Waals surface area (Å²) in [6.45, 7) is 0. The highest BCUT2D eigenvalue weighted by Gasteiger charge is 2.14. The largest absolute Gasteiger partial charge is 0.373 e. The first-order valence-electron chi connectivity index (χ1n) is 9.03. The number of nitrogens with one attached hydrogen (secondary N) is 3. The van der Waals surface area contributed by atoms with Crippen molar-refractivity contribution < 1.29 is 4.79 Å². The maximum atomic E-state index is 12.0. The number of rotatable bonds is 6. The first-order chi connectivity index (χ1) is 14.2. The van der Waals surface area contributed by atoms with Gasteiger partial charge in [0.2, 0.25) is 5.91 Å². The predicted molar refractivity (Wildman–Crippen MR) is 111 cm³/mol. The van der Waals surface area contributed by atoms with E-state index in [2.05, 4.69) is 31.0 Å². The summed E-state index contributed by atoms with van der Waals surface area (Å²) < 4.78 is 1.60. The number of hydrogen-bond donors (Lipinski definition) is 3. The zero-order valence-corrected chi connectivity index (χ0v) is 15.7. The Bertz CT molecular complexity index is 1240. The van der Waals surface area contributed by atoms with Crippen LogP contribution in [0, 0.1) is 11.3 Å². The van der Waals surface area contributed by atoms with E-state index < -0.39 is 0 Å². The van der Waals surface area contributed by atoms with Crippen LogP contribution in [0.5, 0.6) is 0 Å². The molecule has 1 amide bonds. The first kappa shape index (κ1) is 18.2. The van der Waals surface area contributed by atoms with Crippen LogP contribution in [0.15, 0.2) is 48.8 Å². The number of carbonyl (C=O) groups excluding carboxylic acids is 1. The van der Waals surface area contributed by atoms with Gasteiger partial charge in [0.15, 0.2) is 5.65 Å². The molecule has 3 N–H and O–H groups in total. The van der Waals surface area contributed by atoms with Crippen LogP contribution in [0.2, 0.25) is 0 Å². The smallest absolute Gasteiger partial charge is 0.225 e. The highest BCUT2D eigenvalue weighted by atomic mass is 16.1. The molecule has 0 spiro atoms. The van der Waals surface area contributed by atoms with Crippen LogP contribution in [0.25, 0.3) is 16.6 Å². The van der Waals surface area contributed by atoms with E-state index >= 15 is 0 Å². The minimum absolute atomic E-state index is 0.117. The van der Waals surface area contributed by atoms with E-state index in [9.17, 15) is 4.79 Å². The molecular formula is C20H18N8O. The second-order valence-electron chi connectivity index (χ2n) is 6.28. The van der Waals surface area contributed by atoms with E-state index in [0.717, 1.165) is 16.6 Å². The number of amides is 1. The van der Waals surface area contributed by atoms with Crippen LogP contribution in [-0.4, -0.2) is 32.5 Å². The molecule has 0 fully saturated rings. The number of para-hydroxylation sites is 1. The predicted octanol–water partition coefficient (Wildman–Crippen LogP) is 3.31. The van der Waals surface area contributed by atoms with E-state index in [1.54, 1.807) is 17.8 Å². The van der Waals surface area contributed by atoms with Gasteiger partial charge in [0.1, 0.15) is 17.3 Å². The molecule has 1 aromatic carbocycles. The molecule has 9 nitrogen and oxygen atoms in total. The summed E-state index contributed by atoms with van der Waals surface area (Å²) in [5.74, 6) is 1.02. The van der Waals surface area contributed by atoms with Gasteiger partial charge in [-0.25, -0.2) is 4.98 Å². The van der Waals surface area contributed by atoms with Gasteiger partial charge in [-0.1, -0.05) is 18.2 Å². The molecule has 0 atom stereocenters. The number of fused-ring (bicyclic) bond motifs is 2. The van der Waals surface area contributed by atoms with Crippen LogP contribution >= 0.6 is 0 Å². The quantitative estimate of drug-likeness (QED) is 0.465. The lowest BCUT2D eigenvalue weighted by Gasteiger charge is -2.11. The fourth-order valence-corrected chi connectivity index (χ4v) is 3.02. The molecule has 0 bridgehead atoms. The van der Waals surface area contributed by atoms with Crippen molar-refractivity contribution in [3.63, 3.8) is 0 Å². The lowest BCUT2D eigenvalue weighted by Crippen LogP contribution is -2.11. The number of benzene rings is 1. The average Bonchev–Trinajstić information content (AvgIpc) is 3.14.